The van der Waals surface area contributed by atoms with Crippen molar-refractivity contribution in [1.82, 2.24) is 15.5 Å². The van der Waals surface area contributed by atoms with Crippen LogP contribution in [-0.2, 0) is 4.79 Å². The number of nitrogens with zero attached hydrogens (tertiary/aromatic N) is 1. The first-order valence-electron chi connectivity index (χ1n) is 9.01. The van der Waals surface area contributed by atoms with Crippen LogP contribution in [0.4, 0.5) is 0 Å². The van der Waals surface area contributed by atoms with E-state index in [-0.39, 0.29) is 18.0 Å². The Labute approximate surface area is 129 Å². The molecule has 1 saturated carbocycles. The number of nitrogens with one attached hydrogen (secondary N) is 2. The van der Waals surface area contributed by atoms with Gasteiger partial charge in [0.05, 0.1) is 6.04 Å². The van der Waals surface area contributed by atoms with Gasteiger partial charge in [0.25, 0.3) is 0 Å². The predicted molar refractivity (Wildman–Crippen MR) is 85.2 cm³/mol. The summed E-state index contributed by atoms with van der Waals surface area (Å²) in [5.41, 5.74) is 0. The molecule has 1 aliphatic carbocycles. The molecular formula is C17H31N3O. The van der Waals surface area contributed by atoms with Crippen LogP contribution >= 0.6 is 0 Å². The SMILES string of the molecule is CC(CN1CCCC1)NC(=O)C1CCC2CCCCC2N1. The van der Waals surface area contributed by atoms with Gasteiger partial charge in [0.15, 0.2) is 0 Å². The van der Waals surface area contributed by atoms with Gasteiger partial charge in [0.2, 0.25) is 5.91 Å². The maximum Gasteiger partial charge on any atom is 0.237 e. The molecular weight excluding hydrogens is 262 g/mol. The Morgan fingerprint density at radius 1 is 1.14 bits per heavy atom. The van der Waals surface area contributed by atoms with Crippen molar-refractivity contribution < 1.29 is 4.79 Å². The standard InChI is InChI=1S/C17H31N3O/c1-13(12-20-10-4-5-11-20)18-17(21)16-9-8-14-6-2-3-7-15(14)19-16/h13-16,19H,2-12H2,1H3,(H,18,21). The third-order valence-electron chi connectivity index (χ3n) is 5.59. The van der Waals surface area contributed by atoms with Crippen molar-refractivity contribution >= 4 is 5.91 Å². The van der Waals surface area contributed by atoms with E-state index in [1.165, 1.54) is 58.0 Å². The average molecular weight is 293 g/mol. The van der Waals surface area contributed by atoms with Gasteiger partial charge in [0, 0.05) is 18.6 Å². The van der Waals surface area contributed by atoms with Crippen LogP contribution in [-0.4, -0.2) is 48.6 Å². The second-order valence-corrected chi connectivity index (χ2v) is 7.36. The normalized spacial score (nSPS) is 35.2. The molecule has 0 spiro atoms. The number of amides is 1. The number of carbonyl (C=O) groups excluding carboxylic acids is 1. The zero-order valence-electron chi connectivity index (χ0n) is 13.4. The molecule has 4 nitrogen and oxygen atoms in total. The predicted octanol–water partition coefficient (Wildman–Crippen LogP) is 1.90. The lowest BCUT2D eigenvalue weighted by molar-refractivity contribution is -0.125. The summed E-state index contributed by atoms with van der Waals surface area (Å²) in [5.74, 6) is 1.05. The Hall–Kier alpha value is -0.610. The lowest BCUT2D eigenvalue weighted by atomic mass is 9.77. The minimum atomic E-state index is 0.0466. The number of rotatable bonds is 4. The molecule has 3 aliphatic rings. The Kier molecular flexibility index (Phi) is 5.17. The van der Waals surface area contributed by atoms with E-state index >= 15 is 0 Å². The van der Waals surface area contributed by atoms with Gasteiger partial charge in [-0.3, -0.25) is 4.79 Å². The highest BCUT2D eigenvalue weighted by molar-refractivity contribution is 5.82. The van der Waals surface area contributed by atoms with Crippen LogP contribution in [0.3, 0.4) is 0 Å². The number of fused-ring (bicyclic) bond motifs is 1. The lowest BCUT2D eigenvalue weighted by Crippen LogP contribution is -2.56. The van der Waals surface area contributed by atoms with Gasteiger partial charge in [-0.1, -0.05) is 12.8 Å². The van der Waals surface area contributed by atoms with Crippen LogP contribution in [0.5, 0.6) is 0 Å². The van der Waals surface area contributed by atoms with E-state index in [1.54, 1.807) is 0 Å². The minimum absolute atomic E-state index is 0.0466. The molecule has 2 heterocycles. The third-order valence-corrected chi connectivity index (χ3v) is 5.59. The maximum absolute atomic E-state index is 12.5. The lowest BCUT2D eigenvalue weighted by Gasteiger charge is -2.40. The van der Waals surface area contributed by atoms with Gasteiger partial charge in [-0.05, 0) is 64.5 Å². The Bertz CT molecular complexity index is 354. The van der Waals surface area contributed by atoms with Gasteiger partial charge in [-0.2, -0.15) is 0 Å². The van der Waals surface area contributed by atoms with Crippen molar-refractivity contribution in [3.63, 3.8) is 0 Å². The number of piperidine rings is 1. The fourth-order valence-corrected chi connectivity index (χ4v) is 4.44. The largest absolute Gasteiger partial charge is 0.351 e. The summed E-state index contributed by atoms with van der Waals surface area (Å²) in [5, 5.41) is 6.86. The van der Waals surface area contributed by atoms with Crippen LogP contribution < -0.4 is 10.6 Å². The highest BCUT2D eigenvalue weighted by atomic mass is 16.2. The summed E-state index contributed by atoms with van der Waals surface area (Å²) >= 11 is 0. The number of likely N-dealkylation sites (tertiary alicyclic amines) is 1. The van der Waals surface area contributed by atoms with Gasteiger partial charge in [0.1, 0.15) is 0 Å². The molecule has 120 valence electrons. The quantitative estimate of drug-likeness (QED) is 0.832. The van der Waals surface area contributed by atoms with Crippen molar-refractivity contribution in [3.05, 3.63) is 0 Å². The molecule has 2 saturated heterocycles. The van der Waals surface area contributed by atoms with Crippen molar-refractivity contribution in [3.8, 4) is 0 Å². The summed E-state index contributed by atoms with van der Waals surface area (Å²) in [6.07, 6.45) is 10.2. The molecule has 2 aliphatic heterocycles. The van der Waals surface area contributed by atoms with Crippen molar-refractivity contribution in [2.75, 3.05) is 19.6 Å². The van der Waals surface area contributed by atoms with Crippen LogP contribution in [0, 0.1) is 5.92 Å². The van der Waals surface area contributed by atoms with Gasteiger partial charge in [-0.15, -0.1) is 0 Å². The van der Waals surface area contributed by atoms with Crippen LogP contribution in [0.1, 0.15) is 58.3 Å². The van der Waals surface area contributed by atoms with E-state index in [1.807, 2.05) is 0 Å². The average Bonchev–Trinajstić information content (AvgIpc) is 2.99. The zero-order chi connectivity index (χ0) is 14.7. The molecule has 3 rings (SSSR count). The summed E-state index contributed by atoms with van der Waals surface area (Å²) < 4.78 is 0. The Morgan fingerprint density at radius 2 is 1.90 bits per heavy atom. The maximum atomic E-state index is 12.5. The van der Waals surface area contributed by atoms with E-state index < -0.39 is 0 Å². The molecule has 0 aromatic rings. The first kappa shape index (κ1) is 15.3. The van der Waals surface area contributed by atoms with Crippen molar-refractivity contribution in [2.24, 2.45) is 5.92 Å². The Morgan fingerprint density at radius 3 is 2.71 bits per heavy atom. The molecule has 3 fully saturated rings. The third kappa shape index (κ3) is 3.98. The summed E-state index contributed by atoms with van der Waals surface area (Å²) in [6.45, 7) is 5.55. The van der Waals surface area contributed by atoms with E-state index in [9.17, 15) is 4.79 Å². The van der Waals surface area contributed by atoms with E-state index in [2.05, 4.69) is 22.5 Å². The molecule has 1 amide bonds. The molecule has 0 aromatic heterocycles. The van der Waals surface area contributed by atoms with Crippen LogP contribution in [0.25, 0.3) is 0 Å². The zero-order valence-corrected chi connectivity index (χ0v) is 13.4. The molecule has 21 heavy (non-hydrogen) atoms. The van der Waals surface area contributed by atoms with Crippen LogP contribution in [0.15, 0.2) is 0 Å². The topological polar surface area (TPSA) is 44.4 Å². The van der Waals surface area contributed by atoms with Crippen LogP contribution in [0.2, 0.25) is 0 Å². The highest BCUT2D eigenvalue weighted by Gasteiger charge is 2.34. The smallest absolute Gasteiger partial charge is 0.237 e. The molecule has 4 heteroatoms. The number of hydrogen-bond donors (Lipinski definition) is 2. The summed E-state index contributed by atoms with van der Waals surface area (Å²) in [4.78, 5) is 14.9. The molecule has 4 unspecified atom stereocenters. The Balaban J connectivity index is 1.44. The number of hydrogen-bond acceptors (Lipinski definition) is 3. The first-order chi connectivity index (χ1) is 10.2. The summed E-state index contributed by atoms with van der Waals surface area (Å²) in [7, 11) is 0. The van der Waals surface area contributed by atoms with Gasteiger partial charge in [-0.25, -0.2) is 0 Å². The fraction of sp³-hybridized carbons (Fsp3) is 0.941. The molecule has 0 aromatic carbocycles. The van der Waals surface area contributed by atoms with E-state index in [0.29, 0.717) is 6.04 Å². The van der Waals surface area contributed by atoms with Crippen molar-refractivity contribution in [1.29, 1.82) is 0 Å². The molecule has 0 bridgehead atoms. The molecule has 0 radical (unpaired) electrons. The highest BCUT2D eigenvalue weighted by Crippen LogP contribution is 2.32. The molecule has 2 N–H and O–H groups in total. The molecule has 4 atom stereocenters. The van der Waals surface area contributed by atoms with Crippen molar-refractivity contribution in [2.45, 2.75) is 76.4 Å². The second kappa shape index (κ2) is 7.10. The van der Waals surface area contributed by atoms with E-state index in [4.69, 9.17) is 0 Å². The summed E-state index contributed by atoms with van der Waals surface area (Å²) in [6, 6.07) is 0.906. The number of carbonyl (C=O) groups is 1. The minimum Gasteiger partial charge on any atom is -0.351 e. The first-order valence-corrected chi connectivity index (χ1v) is 9.01. The van der Waals surface area contributed by atoms with Gasteiger partial charge < -0.3 is 15.5 Å². The fourth-order valence-electron chi connectivity index (χ4n) is 4.44. The van der Waals surface area contributed by atoms with Gasteiger partial charge >= 0.3 is 0 Å². The van der Waals surface area contributed by atoms with E-state index in [0.717, 1.165) is 18.9 Å². The second-order valence-electron chi connectivity index (χ2n) is 7.36. The monoisotopic (exact) mass is 293 g/mol.